The minimum absolute atomic E-state index is 0.0503. The van der Waals surface area contributed by atoms with Crippen LogP contribution in [0.1, 0.15) is 18.4 Å². The Morgan fingerprint density at radius 2 is 1.82 bits per heavy atom. The topological polar surface area (TPSA) is 18.5 Å². The molecule has 0 unspecified atom stereocenters. The van der Waals surface area contributed by atoms with Gasteiger partial charge in [-0.3, -0.25) is 0 Å². The number of ether oxygens (including phenoxy) is 2. The molecule has 1 saturated heterocycles. The van der Waals surface area contributed by atoms with Gasteiger partial charge in [-0.1, -0.05) is 44.0 Å². The maximum atomic E-state index is 6.10. The fourth-order valence-electron chi connectivity index (χ4n) is 1.88. The van der Waals surface area contributed by atoms with E-state index in [1.165, 1.54) is 5.56 Å². The van der Waals surface area contributed by atoms with E-state index in [2.05, 4.69) is 44.0 Å². The number of hydrogen-bond donors (Lipinski definition) is 0. The second kappa shape index (κ2) is 6.32. The highest BCUT2D eigenvalue weighted by molar-refractivity contribution is 9.10. The predicted molar refractivity (Wildman–Crippen MR) is 75.5 cm³/mol. The summed E-state index contributed by atoms with van der Waals surface area (Å²) >= 11 is 7.00. The standard InChI is InChI=1S/C13H16Br2O2/c14-10-13(5-7-16-8-6-13)17-9-11-1-3-12(15)4-2-11/h1-4H,5-10H2. The van der Waals surface area contributed by atoms with Crippen LogP contribution in [0.25, 0.3) is 0 Å². The third-order valence-corrected chi connectivity index (χ3v) is 4.66. The summed E-state index contributed by atoms with van der Waals surface area (Å²) in [7, 11) is 0. The molecule has 0 aliphatic carbocycles. The van der Waals surface area contributed by atoms with Crippen molar-refractivity contribution in [2.24, 2.45) is 0 Å². The number of hydrogen-bond acceptors (Lipinski definition) is 2. The van der Waals surface area contributed by atoms with Gasteiger partial charge in [-0.05, 0) is 17.7 Å². The lowest BCUT2D eigenvalue weighted by molar-refractivity contribution is -0.103. The lowest BCUT2D eigenvalue weighted by atomic mass is 9.96. The zero-order chi connectivity index (χ0) is 12.1. The normalized spacial score (nSPS) is 19.2. The molecule has 94 valence electrons. The summed E-state index contributed by atoms with van der Waals surface area (Å²) in [4.78, 5) is 0. The van der Waals surface area contributed by atoms with Crippen LogP contribution in [0, 0.1) is 0 Å². The van der Waals surface area contributed by atoms with E-state index >= 15 is 0 Å². The minimum Gasteiger partial charge on any atom is -0.381 e. The van der Waals surface area contributed by atoms with Crippen molar-refractivity contribution in [1.29, 1.82) is 0 Å². The van der Waals surface area contributed by atoms with Crippen LogP contribution < -0.4 is 0 Å². The third-order valence-electron chi connectivity index (χ3n) is 3.11. The van der Waals surface area contributed by atoms with Crippen LogP contribution in [0.3, 0.4) is 0 Å². The van der Waals surface area contributed by atoms with Crippen molar-refractivity contribution >= 4 is 31.9 Å². The van der Waals surface area contributed by atoms with Crippen molar-refractivity contribution in [2.75, 3.05) is 18.5 Å². The number of halogens is 2. The first kappa shape index (κ1) is 13.5. The quantitative estimate of drug-likeness (QED) is 0.755. The maximum Gasteiger partial charge on any atom is 0.0827 e. The molecular weight excluding hydrogens is 348 g/mol. The molecule has 1 fully saturated rings. The van der Waals surface area contributed by atoms with E-state index in [0.29, 0.717) is 6.61 Å². The smallest absolute Gasteiger partial charge is 0.0827 e. The average Bonchev–Trinajstić information content (AvgIpc) is 2.39. The van der Waals surface area contributed by atoms with Gasteiger partial charge >= 0.3 is 0 Å². The molecule has 0 N–H and O–H groups in total. The molecule has 0 atom stereocenters. The van der Waals surface area contributed by atoms with Gasteiger partial charge in [-0.15, -0.1) is 0 Å². The van der Waals surface area contributed by atoms with Gasteiger partial charge in [0, 0.05) is 35.9 Å². The summed E-state index contributed by atoms with van der Waals surface area (Å²) in [5.74, 6) is 0. The molecule has 2 nitrogen and oxygen atoms in total. The third kappa shape index (κ3) is 3.78. The van der Waals surface area contributed by atoms with Crippen LogP contribution in [0.2, 0.25) is 0 Å². The first-order valence-electron chi connectivity index (χ1n) is 5.76. The Morgan fingerprint density at radius 1 is 1.18 bits per heavy atom. The SMILES string of the molecule is BrCC1(OCc2ccc(Br)cc2)CCOCC1. The van der Waals surface area contributed by atoms with Gasteiger partial charge in [0.2, 0.25) is 0 Å². The lowest BCUT2D eigenvalue weighted by Gasteiger charge is -2.35. The van der Waals surface area contributed by atoms with Crippen LogP contribution >= 0.6 is 31.9 Å². The van der Waals surface area contributed by atoms with Gasteiger partial charge in [-0.2, -0.15) is 0 Å². The van der Waals surface area contributed by atoms with Crippen molar-refractivity contribution in [3.05, 3.63) is 34.3 Å². The molecule has 1 aromatic rings. The molecule has 0 saturated carbocycles. The molecule has 1 heterocycles. The van der Waals surface area contributed by atoms with Crippen molar-refractivity contribution in [2.45, 2.75) is 25.0 Å². The average molecular weight is 364 g/mol. The van der Waals surface area contributed by atoms with Gasteiger partial charge in [0.05, 0.1) is 12.2 Å². The molecule has 0 aromatic heterocycles. The van der Waals surface area contributed by atoms with Crippen LogP contribution in [0.5, 0.6) is 0 Å². The van der Waals surface area contributed by atoms with Crippen molar-refractivity contribution < 1.29 is 9.47 Å². The molecule has 2 rings (SSSR count). The van der Waals surface area contributed by atoms with E-state index in [1.807, 2.05) is 12.1 Å². The van der Waals surface area contributed by atoms with Crippen molar-refractivity contribution in [3.8, 4) is 0 Å². The van der Waals surface area contributed by atoms with Crippen LogP contribution in [0.4, 0.5) is 0 Å². The molecule has 0 bridgehead atoms. The summed E-state index contributed by atoms with van der Waals surface area (Å²) < 4.78 is 12.6. The highest BCUT2D eigenvalue weighted by Crippen LogP contribution is 2.28. The summed E-state index contributed by atoms with van der Waals surface area (Å²) in [6.07, 6.45) is 1.93. The Balaban J connectivity index is 1.93. The van der Waals surface area contributed by atoms with E-state index in [0.717, 1.165) is 35.9 Å². The van der Waals surface area contributed by atoms with Crippen LogP contribution in [-0.4, -0.2) is 24.1 Å². The molecular formula is C13H16Br2O2. The molecule has 0 amide bonds. The van der Waals surface area contributed by atoms with Gasteiger partial charge in [0.25, 0.3) is 0 Å². The zero-order valence-corrected chi connectivity index (χ0v) is 12.8. The second-order valence-electron chi connectivity index (χ2n) is 4.34. The molecule has 0 radical (unpaired) electrons. The Hall–Kier alpha value is 0.1000. The van der Waals surface area contributed by atoms with E-state index in [-0.39, 0.29) is 5.60 Å². The maximum absolute atomic E-state index is 6.10. The van der Waals surface area contributed by atoms with Gasteiger partial charge in [-0.25, -0.2) is 0 Å². The number of benzene rings is 1. The van der Waals surface area contributed by atoms with E-state index in [4.69, 9.17) is 9.47 Å². The summed E-state index contributed by atoms with van der Waals surface area (Å²) in [5, 5.41) is 0.875. The van der Waals surface area contributed by atoms with Gasteiger partial charge in [0.1, 0.15) is 0 Å². The summed E-state index contributed by atoms with van der Waals surface area (Å²) in [6.45, 7) is 2.26. The van der Waals surface area contributed by atoms with Crippen molar-refractivity contribution in [3.63, 3.8) is 0 Å². The van der Waals surface area contributed by atoms with E-state index in [1.54, 1.807) is 0 Å². The Labute approximate surface area is 119 Å². The molecule has 17 heavy (non-hydrogen) atoms. The highest BCUT2D eigenvalue weighted by Gasteiger charge is 2.32. The van der Waals surface area contributed by atoms with Crippen LogP contribution in [-0.2, 0) is 16.1 Å². The van der Waals surface area contributed by atoms with Crippen molar-refractivity contribution in [1.82, 2.24) is 0 Å². The van der Waals surface area contributed by atoms with E-state index in [9.17, 15) is 0 Å². The fourth-order valence-corrected chi connectivity index (χ4v) is 2.86. The van der Waals surface area contributed by atoms with E-state index < -0.39 is 0 Å². The first-order chi connectivity index (χ1) is 8.24. The highest BCUT2D eigenvalue weighted by atomic mass is 79.9. The predicted octanol–water partition coefficient (Wildman–Crippen LogP) is 3.91. The molecule has 1 aliphatic heterocycles. The fraction of sp³-hybridized carbons (Fsp3) is 0.538. The lowest BCUT2D eigenvalue weighted by Crippen LogP contribution is -2.40. The van der Waals surface area contributed by atoms with Gasteiger partial charge in [0.15, 0.2) is 0 Å². The second-order valence-corrected chi connectivity index (χ2v) is 5.82. The monoisotopic (exact) mass is 362 g/mol. The minimum atomic E-state index is -0.0503. The zero-order valence-electron chi connectivity index (χ0n) is 9.62. The molecule has 4 heteroatoms. The Kier molecular flexibility index (Phi) is 5.03. The molecule has 0 spiro atoms. The Morgan fingerprint density at radius 3 is 2.41 bits per heavy atom. The Bertz CT molecular complexity index is 345. The molecule has 1 aliphatic rings. The summed E-state index contributed by atoms with van der Waals surface area (Å²) in [6, 6.07) is 8.27. The first-order valence-corrected chi connectivity index (χ1v) is 7.68. The van der Waals surface area contributed by atoms with Crippen LogP contribution in [0.15, 0.2) is 28.7 Å². The number of alkyl halides is 1. The number of rotatable bonds is 4. The largest absolute Gasteiger partial charge is 0.381 e. The van der Waals surface area contributed by atoms with Gasteiger partial charge < -0.3 is 9.47 Å². The summed E-state index contributed by atoms with van der Waals surface area (Å²) in [5.41, 5.74) is 1.16. The molecule has 1 aromatic carbocycles.